The van der Waals surface area contributed by atoms with Gasteiger partial charge in [-0.15, -0.1) is 0 Å². The summed E-state index contributed by atoms with van der Waals surface area (Å²) in [6.45, 7) is 4.31. The van der Waals surface area contributed by atoms with Gasteiger partial charge in [0.15, 0.2) is 0 Å². The second-order valence-electron chi connectivity index (χ2n) is 4.92. The zero-order valence-corrected chi connectivity index (χ0v) is 10.9. The lowest BCUT2D eigenvalue weighted by atomic mass is 10.0. The number of rotatable bonds is 2. The van der Waals surface area contributed by atoms with Gasteiger partial charge >= 0.3 is 0 Å². The van der Waals surface area contributed by atoms with Crippen molar-refractivity contribution in [1.82, 2.24) is 0 Å². The molecule has 0 atom stereocenters. The molecule has 3 rings (SSSR count). The van der Waals surface area contributed by atoms with Crippen molar-refractivity contribution in [2.45, 2.75) is 26.7 Å². The topological polar surface area (TPSA) is 12.4 Å². The normalized spacial score (nSPS) is 13.3. The van der Waals surface area contributed by atoms with E-state index in [2.05, 4.69) is 56.3 Å². The fraction of sp³-hybridized carbons (Fsp3) is 0.235. The molecular weight excluding hydrogens is 218 g/mol. The Kier molecular flexibility index (Phi) is 2.75. The van der Waals surface area contributed by atoms with Crippen LogP contribution in [-0.2, 0) is 12.8 Å². The number of benzene rings is 2. The molecule has 0 aromatic heterocycles. The number of hydrogen-bond donors (Lipinski definition) is 0. The number of nitrogens with zero attached hydrogens (tertiary/aromatic N) is 1. The molecule has 0 unspecified atom stereocenters. The molecule has 2 aromatic rings. The first-order valence-corrected chi connectivity index (χ1v) is 6.52. The Morgan fingerprint density at radius 3 is 2.56 bits per heavy atom. The van der Waals surface area contributed by atoms with E-state index in [-0.39, 0.29) is 0 Å². The SMILES string of the molecule is CCc1ccc2c(c1)CC(c1ccc(C)cc1)=N2. The number of hydrogen-bond acceptors (Lipinski definition) is 1. The number of aliphatic imine (C=N–C) groups is 1. The molecular formula is C17H17N. The Morgan fingerprint density at radius 2 is 1.83 bits per heavy atom. The maximum Gasteiger partial charge on any atom is 0.0669 e. The molecule has 1 aliphatic rings. The Morgan fingerprint density at radius 1 is 1.06 bits per heavy atom. The molecule has 1 aliphatic heterocycles. The fourth-order valence-electron chi connectivity index (χ4n) is 2.39. The predicted octanol–water partition coefficient (Wildman–Crippen LogP) is 4.23. The Balaban J connectivity index is 1.93. The van der Waals surface area contributed by atoms with Crippen molar-refractivity contribution in [2.75, 3.05) is 0 Å². The van der Waals surface area contributed by atoms with E-state index in [1.54, 1.807) is 0 Å². The van der Waals surface area contributed by atoms with E-state index in [9.17, 15) is 0 Å². The number of fused-ring (bicyclic) bond motifs is 1. The van der Waals surface area contributed by atoms with Crippen LogP contribution in [0.4, 0.5) is 5.69 Å². The third-order valence-electron chi connectivity index (χ3n) is 3.55. The van der Waals surface area contributed by atoms with Crippen molar-refractivity contribution < 1.29 is 0 Å². The summed E-state index contributed by atoms with van der Waals surface area (Å²) in [5.41, 5.74) is 7.64. The average molecular weight is 235 g/mol. The highest BCUT2D eigenvalue weighted by atomic mass is 14.8. The van der Waals surface area contributed by atoms with E-state index in [0.29, 0.717) is 0 Å². The largest absolute Gasteiger partial charge is 0.252 e. The van der Waals surface area contributed by atoms with Crippen LogP contribution >= 0.6 is 0 Å². The van der Waals surface area contributed by atoms with Crippen LogP contribution in [0.3, 0.4) is 0 Å². The summed E-state index contributed by atoms with van der Waals surface area (Å²) in [6, 6.07) is 15.3. The van der Waals surface area contributed by atoms with E-state index < -0.39 is 0 Å². The molecule has 0 saturated heterocycles. The number of aryl methyl sites for hydroxylation is 2. The van der Waals surface area contributed by atoms with Crippen molar-refractivity contribution >= 4 is 11.4 Å². The van der Waals surface area contributed by atoms with Crippen LogP contribution in [-0.4, -0.2) is 5.71 Å². The second kappa shape index (κ2) is 4.41. The van der Waals surface area contributed by atoms with Crippen LogP contribution in [0.15, 0.2) is 47.5 Å². The highest BCUT2D eigenvalue weighted by Gasteiger charge is 2.15. The van der Waals surface area contributed by atoms with Gasteiger partial charge in [-0.1, -0.05) is 48.9 Å². The third kappa shape index (κ3) is 1.97. The van der Waals surface area contributed by atoms with Gasteiger partial charge < -0.3 is 0 Å². The van der Waals surface area contributed by atoms with Gasteiger partial charge in [0.2, 0.25) is 0 Å². The lowest BCUT2D eigenvalue weighted by Crippen LogP contribution is -2.00. The highest BCUT2D eigenvalue weighted by Crippen LogP contribution is 2.29. The summed E-state index contributed by atoms with van der Waals surface area (Å²) in [7, 11) is 0. The third-order valence-corrected chi connectivity index (χ3v) is 3.55. The van der Waals surface area contributed by atoms with Crippen molar-refractivity contribution in [3.05, 3.63) is 64.7 Å². The van der Waals surface area contributed by atoms with E-state index in [4.69, 9.17) is 4.99 Å². The first-order valence-electron chi connectivity index (χ1n) is 6.52. The fourth-order valence-corrected chi connectivity index (χ4v) is 2.39. The van der Waals surface area contributed by atoms with Gasteiger partial charge in [-0.25, -0.2) is 0 Å². The van der Waals surface area contributed by atoms with Gasteiger partial charge in [-0.05, 0) is 36.1 Å². The molecule has 0 bridgehead atoms. The van der Waals surface area contributed by atoms with Crippen molar-refractivity contribution in [1.29, 1.82) is 0 Å². The van der Waals surface area contributed by atoms with Crippen LogP contribution in [0.25, 0.3) is 0 Å². The monoisotopic (exact) mass is 235 g/mol. The summed E-state index contributed by atoms with van der Waals surface area (Å²) < 4.78 is 0. The van der Waals surface area contributed by atoms with Gasteiger partial charge in [0.05, 0.1) is 11.4 Å². The minimum Gasteiger partial charge on any atom is -0.252 e. The summed E-state index contributed by atoms with van der Waals surface area (Å²) in [4.78, 5) is 4.74. The van der Waals surface area contributed by atoms with Crippen LogP contribution in [0, 0.1) is 6.92 Å². The smallest absolute Gasteiger partial charge is 0.0669 e. The molecule has 90 valence electrons. The lowest BCUT2D eigenvalue weighted by Gasteiger charge is -2.01. The zero-order valence-electron chi connectivity index (χ0n) is 10.9. The summed E-state index contributed by atoms with van der Waals surface area (Å²) in [5.74, 6) is 0. The Hall–Kier alpha value is -1.89. The molecule has 1 nitrogen and oxygen atoms in total. The van der Waals surface area contributed by atoms with Gasteiger partial charge in [0.1, 0.15) is 0 Å². The lowest BCUT2D eigenvalue weighted by molar-refractivity contribution is 1.13. The first kappa shape index (κ1) is 11.2. The van der Waals surface area contributed by atoms with Gasteiger partial charge in [0.25, 0.3) is 0 Å². The second-order valence-corrected chi connectivity index (χ2v) is 4.92. The molecule has 0 spiro atoms. The van der Waals surface area contributed by atoms with Gasteiger partial charge in [-0.3, -0.25) is 4.99 Å². The van der Waals surface area contributed by atoms with E-state index >= 15 is 0 Å². The first-order chi connectivity index (χ1) is 8.76. The highest BCUT2D eigenvalue weighted by molar-refractivity contribution is 6.06. The van der Waals surface area contributed by atoms with E-state index in [1.165, 1.54) is 28.0 Å². The minimum absolute atomic E-state index is 0.965. The maximum absolute atomic E-state index is 4.74. The molecule has 1 heteroatoms. The van der Waals surface area contributed by atoms with Crippen LogP contribution in [0.2, 0.25) is 0 Å². The van der Waals surface area contributed by atoms with Gasteiger partial charge in [-0.2, -0.15) is 0 Å². The van der Waals surface area contributed by atoms with Crippen LogP contribution in [0.1, 0.15) is 29.2 Å². The van der Waals surface area contributed by atoms with Crippen molar-refractivity contribution in [2.24, 2.45) is 4.99 Å². The molecule has 0 N–H and O–H groups in total. The van der Waals surface area contributed by atoms with E-state index in [0.717, 1.165) is 18.5 Å². The molecule has 0 radical (unpaired) electrons. The molecule has 2 aromatic carbocycles. The summed E-state index contributed by atoms with van der Waals surface area (Å²) in [6.07, 6.45) is 2.05. The standard InChI is InChI=1S/C17H17N/c1-3-13-6-9-16-15(10-13)11-17(18-16)14-7-4-12(2)5-8-14/h4-10H,3,11H2,1-2H3. The average Bonchev–Trinajstić information content (AvgIpc) is 2.82. The molecule has 1 heterocycles. The molecule has 0 fully saturated rings. The molecule has 18 heavy (non-hydrogen) atoms. The van der Waals surface area contributed by atoms with E-state index in [1.807, 2.05) is 0 Å². The molecule has 0 aliphatic carbocycles. The van der Waals surface area contributed by atoms with Crippen LogP contribution < -0.4 is 0 Å². The summed E-state index contributed by atoms with van der Waals surface area (Å²) in [5, 5.41) is 0. The Labute approximate surface area is 108 Å². The molecule has 0 amide bonds. The minimum atomic E-state index is 0.965. The van der Waals surface area contributed by atoms with Crippen molar-refractivity contribution in [3.8, 4) is 0 Å². The maximum atomic E-state index is 4.74. The quantitative estimate of drug-likeness (QED) is 0.738. The van der Waals surface area contributed by atoms with Gasteiger partial charge in [0, 0.05) is 6.42 Å². The zero-order chi connectivity index (χ0) is 12.5. The predicted molar refractivity (Wildman–Crippen MR) is 76.9 cm³/mol. The summed E-state index contributed by atoms with van der Waals surface area (Å²) >= 11 is 0. The van der Waals surface area contributed by atoms with Crippen LogP contribution in [0.5, 0.6) is 0 Å². The van der Waals surface area contributed by atoms with Crippen molar-refractivity contribution in [3.63, 3.8) is 0 Å². The molecule has 0 saturated carbocycles. The Bertz CT molecular complexity index is 606.